The van der Waals surface area contributed by atoms with Crippen LogP contribution in [-0.2, 0) is 0 Å². The van der Waals surface area contributed by atoms with Gasteiger partial charge in [0.1, 0.15) is 29.5 Å². The van der Waals surface area contributed by atoms with Crippen LogP contribution < -0.4 is 14.8 Å². The van der Waals surface area contributed by atoms with Gasteiger partial charge in [-0.1, -0.05) is 41.5 Å². The van der Waals surface area contributed by atoms with Crippen molar-refractivity contribution in [3.8, 4) is 11.5 Å². The molecule has 6 rings (SSSR count). The third-order valence-electron chi connectivity index (χ3n) is 5.82. The van der Waals surface area contributed by atoms with Crippen LogP contribution in [0.2, 0.25) is 0 Å². The van der Waals surface area contributed by atoms with Gasteiger partial charge in [0.2, 0.25) is 5.95 Å². The van der Waals surface area contributed by atoms with Crippen molar-refractivity contribution in [1.29, 1.82) is 0 Å². The van der Waals surface area contributed by atoms with Gasteiger partial charge in [-0.3, -0.25) is 0 Å². The summed E-state index contributed by atoms with van der Waals surface area (Å²) in [7, 11) is 1.63. The normalized spacial score (nSPS) is 18.7. The Hall–Kier alpha value is -4.20. The maximum atomic E-state index is 14.2. The second kappa shape index (κ2) is 7.19. The number of ether oxygens (including phenoxy) is 2. The first-order valence-corrected chi connectivity index (χ1v) is 10.2. The van der Waals surface area contributed by atoms with E-state index in [1.807, 2.05) is 54.6 Å². The zero-order valence-electron chi connectivity index (χ0n) is 17.1. The molecule has 2 aliphatic heterocycles. The van der Waals surface area contributed by atoms with E-state index in [0.29, 0.717) is 17.3 Å². The Balaban J connectivity index is 1.61. The highest BCUT2D eigenvalue weighted by atomic mass is 19.1. The van der Waals surface area contributed by atoms with Gasteiger partial charge in [0.25, 0.3) is 0 Å². The summed E-state index contributed by atoms with van der Waals surface area (Å²) in [5.41, 5.74) is 4.34. The highest BCUT2D eigenvalue weighted by Gasteiger charge is 2.41. The van der Waals surface area contributed by atoms with Crippen molar-refractivity contribution in [3.05, 3.63) is 101 Å². The molecular weight excluding hydrogens is 409 g/mol. The number of benzene rings is 3. The first-order chi connectivity index (χ1) is 15.7. The molecule has 158 valence electrons. The minimum Gasteiger partial charge on any atom is -0.497 e. The van der Waals surface area contributed by atoms with E-state index in [9.17, 15) is 4.39 Å². The molecule has 0 saturated heterocycles. The molecule has 2 atom stereocenters. The third kappa shape index (κ3) is 2.84. The van der Waals surface area contributed by atoms with Crippen LogP contribution >= 0.6 is 0 Å². The number of aromatic nitrogens is 4. The highest BCUT2D eigenvalue weighted by Crippen LogP contribution is 2.50. The van der Waals surface area contributed by atoms with E-state index in [4.69, 9.17) is 9.47 Å². The molecule has 8 heteroatoms. The molecule has 0 fully saturated rings. The standard InChI is InChI=1S/C24H18FN5O2/c1-31-17-11-9-14(10-12-17)22-20-21(26-24-27-28-29-30(22)24)18-7-2-3-8-19(18)32-23(20)15-5-4-6-16(25)13-15/h2-13,22-23H,1H3,(H,26,27,29). The van der Waals surface area contributed by atoms with Gasteiger partial charge in [-0.05, 0) is 58.0 Å². The SMILES string of the molecule is COc1ccc(C2C3=C(Nc4nnnn42)c2ccccc2OC3c2cccc(F)c2)cc1. The van der Waals surface area contributed by atoms with E-state index < -0.39 is 6.10 Å². The molecule has 3 heterocycles. The predicted octanol–water partition coefficient (Wildman–Crippen LogP) is 4.38. The summed E-state index contributed by atoms with van der Waals surface area (Å²) in [6.45, 7) is 0. The summed E-state index contributed by atoms with van der Waals surface area (Å²) in [6.07, 6.45) is -0.535. The smallest absolute Gasteiger partial charge is 0.248 e. The first kappa shape index (κ1) is 18.6. The Morgan fingerprint density at radius 1 is 1.00 bits per heavy atom. The van der Waals surface area contributed by atoms with Crippen LogP contribution in [0, 0.1) is 5.82 Å². The molecule has 0 bridgehead atoms. The Kier molecular flexibility index (Phi) is 4.17. The number of rotatable bonds is 3. The van der Waals surface area contributed by atoms with Crippen molar-refractivity contribution < 1.29 is 13.9 Å². The maximum Gasteiger partial charge on any atom is 0.248 e. The molecule has 4 aromatic rings. The van der Waals surface area contributed by atoms with Crippen LogP contribution in [0.5, 0.6) is 11.5 Å². The van der Waals surface area contributed by atoms with Crippen LogP contribution in [0.1, 0.15) is 28.8 Å². The van der Waals surface area contributed by atoms with Crippen LogP contribution in [0.4, 0.5) is 10.3 Å². The lowest BCUT2D eigenvalue weighted by atomic mass is 9.84. The molecule has 0 saturated carbocycles. The second-order valence-electron chi connectivity index (χ2n) is 7.63. The topological polar surface area (TPSA) is 74.1 Å². The molecule has 1 N–H and O–H groups in total. The number of nitrogens with one attached hydrogen (secondary N) is 1. The fourth-order valence-corrected chi connectivity index (χ4v) is 4.39. The van der Waals surface area contributed by atoms with E-state index in [1.165, 1.54) is 12.1 Å². The van der Waals surface area contributed by atoms with Gasteiger partial charge in [0.15, 0.2) is 0 Å². The van der Waals surface area contributed by atoms with Gasteiger partial charge in [0.05, 0.1) is 12.8 Å². The number of hydrogen-bond acceptors (Lipinski definition) is 6. The number of hydrogen-bond donors (Lipinski definition) is 1. The van der Waals surface area contributed by atoms with Gasteiger partial charge < -0.3 is 14.8 Å². The average molecular weight is 427 g/mol. The monoisotopic (exact) mass is 427 g/mol. The van der Waals surface area contributed by atoms with Crippen molar-refractivity contribution in [3.63, 3.8) is 0 Å². The van der Waals surface area contributed by atoms with E-state index >= 15 is 0 Å². The fraction of sp³-hybridized carbons (Fsp3) is 0.125. The lowest BCUT2D eigenvalue weighted by Crippen LogP contribution is -2.32. The number of fused-ring (bicyclic) bond motifs is 3. The van der Waals surface area contributed by atoms with Crippen molar-refractivity contribution in [2.75, 3.05) is 12.4 Å². The third-order valence-corrected chi connectivity index (χ3v) is 5.82. The number of para-hydroxylation sites is 1. The zero-order valence-corrected chi connectivity index (χ0v) is 17.1. The van der Waals surface area contributed by atoms with Gasteiger partial charge in [-0.15, -0.1) is 0 Å². The number of halogens is 1. The van der Waals surface area contributed by atoms with Gasteiger partial charge in [-0.2, -0.15) is 4.68 Å². The Morgan fingerprint density at radius 3 is 2.66 bits per heavy atom. The number of methoxy groups -OCH3 is 1. The van der Waals surface area contributed by atoms with Crippen molar-refractivity contribution in [2.24, 2.45) is 0 Å². The fourth-order valence-electron chi connectivity index (χ4n) is 4.39. The summed E-state index contributed by atoms with van der Waals surface area (Å²) >= 11 is 0. The minimum absolute atomic E-state index is 0.319. The minimum atomic E-state index is -0.535. The maximum absolute atomic E-state index is 14.2. The first-order valence-electron chi connectivity index (χ1n) is 10.2. The summed E-state index contributed by atoms with van der Waals surface area (Å²) in [6, 6.07) is 21.7. The van der Waals surface area contributed by atoms with Gasteiger partial charge in [0, 0.05) is 11.1 Å². The zero-order chi connectivity index (χ0) is 21.7. The molecular formula is C24H18FN5O2. The van der Waals surface area contributed by atoms with Gasteiger partial charge in [-0.25, -0.2) is 4.39 Å². The van der Waals surface area contributed by atoms with E-state index in [-0.39, 0.29) is 11.9 Å². The Bertz CT molecular complexity index is 1350. The molecule has 32 heavy (non-hydrogen) atoms. The van der Waals surface area contributed by atoms with Crippen LogP contribution in [0.15, 0.2) is 78.4 Å². The molecule has 3 aromatic carbocycles. The Morgan fingerprint density at radius 2 is 1.84 bits per heavy atom. The molecule has 2 unspecified atom stereocenters. The number of anilines is 1. The molecule has 0 aliphatic carbocycles. The van der Waals surface area contributed by atoms with Gasteiger partial charge >= 0.3 is 0 Å². The Labute approximate surface area is 183 Å². The second-order valence-corrected chi connectivity index (χ2v) is 7.63. The van der Waals surface area contributed by atoms with E-state index in [1.54, 1.807) is 17.9 Å². The molecule has 0 amide bonds. The predicted molar refractivity (Wildman–Crippen MR) is 116 cm³/mol. The van der Waals surface area contributed by atoms with Crippen molar-refractivity contribution in [1.82, 2.24) is 20.2 Å². The summed E-state index contributed by atoms with van der Waals surface area (Å²) in [5, 5.41) is 15.7. The molecule has 7 nitrogen and oxygen atoms in total. The summed E-state index contributed by atoms with van der Waals surface area (Å²) in [4.78, 5) is 0. The van der Waals surface area contributed by atoms with Crippen LogP contribution in [0.3, 0.4) is 0 Å². The largest absolute Gasteiger partial charge is 0.497 e. The van der Waals surface area contributed by atoms with Crippen LogP contribution in [0.25, 0.3) is 5.70 Å². The lowest BCUT2D eigenvalue weighted by molar-refractivity contribution is 0.222. The lowest BCUT2D eigenvalue weighted by Gasteiger charge is -2.38. The number of tetrazole rings is 1. The van der Waals surface area contributed by atoms with Crippen molar-refractivity contribution in [2.45, 2.75) is 12.1 Å². The summed E-state index contributed by atoms with van der Waals surface area (Å²) in [5.74, 6) is 1.67. The molecule has 0 spiro atoms. The molecule has 0 radical (unpaired) electrons. The molecule has 2 aliphatic rings. The van der Waals surface area contributed by atoms with Crippen LogP contribution in [-0.4, -0.2) is 27.3 Å². The highest BCUT2D eigenvalue weighted by molar-refractivity contribution is 5.85. The van der Waals surface area contributed by atoms with Crippen molar-refractivity contribution >= 4 is 11.6 Å². The average Bonchev–Trinajstić information content (AvgIpc) is 3.30. The summed E-state index contributed by atoms with van der Waals surface area (Å²) < 4.78 is 27.7. The molecule has 1 aromatic heterocycles. The van der Waals surface area contributed by atoms with E-state index in [0.717, 1.165) is 28.1 Å². The van der Waals surface area contributed by atoms with E-state index in [2.05, 4.69) is 20.8 Å². The quantitative estimate of drug-likeness (QED) is 0.523. The number of nitrogens with zero attached hydrogens (tertiary/aromatic N) is 4.